The number of hydrogen-bond acceptors (Lipinski definition) is 3. The fraction of sp³-hybridized carbons (Fsp3) is 0.500. The normalized spacial score (nSPS) is 12.6. The Balaban J connectivity index is 2.36. The molecule has 0 aliphatic carbocycles. The fourth-order valence-electron chi connectivity index (χ4n) is 2.66. The van der Waals surface area contributed by atoms with Crippen LogP contribution in [0.15, 0.2) is 18.3 Å². The van der Waals surface area contributed by atoms with E-state index >= 15 is 0 Å². The largest absolute Gasteiger partial charge is 0.311 e. The molecule has 0 aliphatic heterocycles. The molecule has 21 heavy (non-hydrogen) atoms. The first-order valence-corrected chi connectivity index (χ1v) is 7.82. The number of nitrogens with one attached hydrogen (secondary N) is 1. The molecule has 0 aliphatic rings. The Labute approximate surface area is 131 Å². The van der Waals surface area contributed by atoms with Crippen molar-refractivity contribution < 1.29 is 0 Å². The zero-order chi connectivity index (χ0) is 15.4. The molecule has 2 aromatic rings. The first kappa shape index (κ1) is 16.0. The molecule has 0 bridgehead atoms. The third-order valence-electron chi connectivity index (χ3n) is 3.84. The first-order valence-electron chi connectivity index (χ1n) is 7.45. The highest BCUT2D eigenvalue weighted by Gasteiger charge is 2.20. The number of aryl methyl sites for hydroxylation is 3. The first-order chi connectivity index (χ1) is 10.1. The van der Waals surface area contributed by atoms with Gasteiger partial charge in [0.1, 0.15) is 0 Å². The average Bonchev–Trinajstić information content (AvgIpc) is 2.79. The Bertz CT molecular complexity index is 606. The van der Waals surface area contributed by atoms with Crippen LogP contribution < -0.4 is 5.32 Å². The van der Waals surface area contributed by atoms with Crippen molar-refractivity contribution in [2.24, 2.45) is 0 Å². The van der Waals surface area contributed by atoms with Gasteiger partial charge in [0.15, 0.2) is 0 Å². The average molecular weight is 307 g/mol. The summed E-state index contributed by atoms with van der Waals surface area (Å²) in [5.74, 6) is 0. The van der Waals surface area contributed by atoms with Crippen LogP contribution in [-0.4, -0.2) is 21.8 Å². The highest BCUT2D eigenvalue weighted by Crippen LogP contribution is 2.26. The molecule has 5 heteroatoms. The minimum absolute atomic E-state index is 0.139. The minimum atomic E-state index is 0.139. The van der Waals surface area contributed by atoms with E-state index in [1.165, 1.54) is 5.56 Å². The summed E-state index contributed by atoms with van der Waals surface area (Å²) in [6.07, 6.45) is 3.61. The van der Waals surface area contributed by atoms with Gasteiger partial charge in [0.05, 0.1) is 28.1 Å². The summed E-state index contributed by atoms with van der Waals surface area (Å²) < 4.78 is 1.98. The molecular formula is C16H23ClN4. The molecule has 0 radical (unpaired) electrons. The number of halogens is 1. The van der Waals surface area contributed by atoms with Crippen molar-refractivity contribution in [1.29, 1.82) is 0 Å². The van der Waals surface area contributed by atoms with E-state index in [-0.39, 0.29) is 6.04 Å². The minimum Gasteiger partial charge on any atom is -0.311 e. The molecule has 0 amide bonds. The fourth-order valence-corrected chi connectivity index (χ4v) is 2.87. The predicted molar refractivity (Wildman–Crippen MR) is 86.8 cm³/mol. The molecule has 0 aromatic carbocycles. The lowest BCUT2D eigenvalue weighted by Gasteiger charge is -2.19. The lowest BCUT2D eigenvalue weighted by molar-refractivity contribution is 0.528. The number of pyridine rings is 1. The summed E-state index contributed by atoms with van der Waals surface area (Å²) in [5, 5.41) is 8.63. The molecule has 2 rings (SSSR count). The van der Waals surface area contributed by atoms with Gasteiger partial charge in [-0.15, -0.1) is 0 Å². The van der Waals surface area contributed by atoms with Crippen LogP contribution in [0.2, 0.25) is 5.02 Å². The van der Waals surface area contributed by atoms with Crippen molar-refractivity contribution >= 4 is 11.6 Å². The number of nitrogens with zero attached hydrogens (tertiary/aromatic N) is 3. The molecule has 1 N–H and O–H groups in total. The van der Waals surface area contributed by atoms with Crippen LogP contribution in [0.1, 0.15) is 42.5 Å². The van der Waals surface area contributed by atoms with Crippen LogP contribution in [0.5, 0.6) is 0 Å². The summed E-state index contributed by atoms with van der Waals surface area (Å²) in [4.78, 5) is 4.57. The SMILES string of the molecule is CCc1cccnc1C(Cc1c(Cl)c(C)nn1CC)NC. The predicted octanol–water partition coefficient (Wildman–Crippen LogP) is 3.33. The molecule has 0 saturated carbocycles. The molecule has 0 spiro atoms. The maximum Gasteiger partial charge on any atom is 0.0847 e. The van der Waals surface area contributed by atoms with Gasteiger partial charge in [-0.2, -0.15) is 5.10 Å². The highest BCUT2D eigenvalue weighted by molar-refractivity contribution is 6.31. The van der Waals surface area contributed by atoms with E-state index in [0.717, 1.165) is 41.5 Å². The second kappa shape index (κ2) is 7.05. The summed E-state index contributed by atoms with van der Waals surface area (Å²) >= 11 is 6.42. The van der Waals surface area contributed by atoms with Crippen molar-refractivity contribution in [3.8, 4) is 0 Å². The van der Waals surface area contributed by atoms with Gasteiger partial charge in [0.25, 0.3) is 0 Å². The van der Waals surface area contributed by atoms with Crippen molar-refractivity contribution in [1.82, 2.24) is 20.1 Å². The van der Waals surface area contributed by atoms with E-state index in [1.54, 1.807) is 0 Å². The number of rotatable bonds is 6. The monoisotopic (exact) mass is 306 g/mol. The van der Waals surface area contributed by atoms with E-state index in [0.29, 0.717) is 0 Å². The molecule has 1 unspecified atom stereocenters. The van der Waals surface area contributed by atoms with Gasteiger partial charge in [-0.3, -0.25) is 9.67 Å². The van der Waals surface area contributed by atoms with Gasteiger partial charge >= 0.3 is 0 Å². The molecular weight excluding hydrogens is 284 g/mol. The summed E-state index contributed by atoms with van der Waals surface area (Å²) in [6.45, 7) is 7.01. The van der Waals surface area contributed by atoms with Gasteiger partial charge in [0.2, 0.25) is 0 Å². The van der Waals surface area contributed by atoms with Crippen LogP contribution in [0.25, 0.3) is 0 Å². The van der Waals surface area contributed by atoms with E-state index in [2.05, 4.69) is 35.3 Å². The molecule has 114 valence electrons. The Hall–Kier alpha value is -1.39. The van der Waals surface area contributed by atoms with Crippen molar-refractivity contribution in [2.45, 2.75) is 46.2 Å². The Kier molecular flexibility index (Phi) is 5.37. The summed E-state index contributed by atoms with van der Waals surface area (Å²) in [7, 11) is 1.96. The maximum atomic E-state index is 6.42. The third-order valence-corrected chi connectivity index (χ3v) is 4.33. The zero-order valence-electron chi connectivity index (χ0n) is 13.2. The van der Waals surface area contributed by atoms with Crippen molar-refractivity contribution in [2.75, 3.05) is 7.05 Å². The van der Waals surface area contributed by atoms with Crippen LogP contribution in [-0.2, 0) is 19.4 Å². The quantitative estimate of drug-likeness (QED) is 0.890. The highest BCUT2D eigenvalue weighted by atomic mass is 35.5. The number of hydrogen-bond donors (Lipinski definition) is 1. The lowest BCUT2D eigenvalue weighted by atomic mass is 10.0. The maximum absolute atomic E-state index is 6.42. The van der Waals surface area contributed by atoms with Gasteiger partial charge in [-0.25, -0.2) is 0 Å². The van der Waals surface area contributed by atoms with Gasteiger partial charge in [-0.05, 0) is 38.9 Å². The molecule has 0 saturated heterocycles. The lowest BCUT2D eigenvalue weighted by Crippen LogP contribution is -2.23. The third kappa shape index (κ3) is 3.27. The topological polar surface area (TPSA) is 42.7 Å². The second-order valence-electron chi connectivity index (χ2n) is 5.11. The zero-order valence-corrected chi connectivity index (χ0v) is 13.9. The van der Waals surface area contributed by atoms with Gasteiger partial charge < -0.3 is 5.32 Å². The molecule has 0 fully saturated rings. The molecule has 2 aromatic heterocycles. The van der Waals surface area contributed by atoms with Crippen LogP contribution in [0, 0.1) is 6.92 Å². The van der Waals surface area contributed by atoms with Crippen molar-refractivity contribution in [3.05, 3.63) is 46.0 Å². The van der Waals surface area contributed by atoms with Crippen LogP contribution in [0.3, 0.4) is 0 Å². The van der Waals surface area contributed by atoms with E-state index in [4.69, 9.17) is 11.6 Å². The van der Waals surface area contributed by atoms with Gasteiger partial charge in [0, 0.05) is 19.2 Å². The van der Waals surface area contributed by atoms with Crippen LogP contribution in [0.4, 0.5) is 0 Å². The summed E-state index contributed by atoms with van der Waals surface area (Å²) in [6, 6.07) is 4.26. The molecule has 4 nitrogen and oxygen atoms in total. The van der Waals surface area contributed by atoms with E-state index < -0.39 is 0 Å². The Morgan fingerprint density at radius 1 is 1.38 bits per heavy atom. The number of aromatic nitrogens is 3. The smallest absolute Gasteiger partial charge is 0.0847 e. The van der Waals surface area contributed by atoms with E-state index in [1.807, 2.05) is 30.9 Å². The Morgan fingerprint density at radius 3 is 2.76 bits per heavy atom. The molecule has 2 heterocycles. The van der Waals surface area contributed by atoms with E-state index in [9.17, 15) is 0 Å². The van der Waals surface area contributed by atoms with Crippen molar-refractivity contribution in [3.63, 3.8) is 0 Å². The summed E-state index contributed by atoms with van der Waals surface area (Å²) in [5.41, 5.74) is 4.33. The molecule has 1 atom stereocenters. The van der Waals surface area contributed by atoms with Crippen LogP contribution >= 0.6 is 11.6 Å². The number of likely N-dealkylation sites (N-methyl/N-ethyl adjacent to an activating group) is 1. The second-order valence-corrected chi connectivity index (χ2v) is 5.49. The Morgan fingerprint density at radius 2 is 2.14 bits per heavy atom. The van der Waals surface area contributed by atoms with Gasteiger partial charge in [-0.1, -0.05) is 24.6 Å². The standard InChI is InChI=1S/C16H23ClN4/c1-5-12-8-7-9-19-16(12)13(18-4)10-14-15(17)11(3)20-21(14)6-2/h7-9,13,18H,5-6,10H2,1-4H3.